The molecular formula is C28H32BrN3O5S. The fraction of sp³-hybridized carbons (Fsp3) is 0.357. The Morgan fingerprint density at radius 2 is 1.79 bits per heavy atom. The number of aromatic amines is 1. The van der Waals surface area contributed by atoms with Crippen LogP contribution in [0.1, 0.15) is 12.8 Å². The van der Waals surface area contributed by atoms with Crippen LogP contribution in [0.25, 0.3) is 21.8 Å². The van der Waals surface area contributed by atoms with E-state index in [0.717, 1.165) is 52.2 Å². The van der Waals surface area contributed by atoms with Gasteiger partial charge in [0.05, 0.1) is 27.4 Å². The number of nitrogens with one attached hydrogen (secondary N) is 3. The van der Waals surface area contributed by atoms with Crippen molar-refractivity contribution in [2.45, 2.75) is 29.2 Å². The maximum Gasteiger partial charge on any atom is 0.194 e. The predicted octanol–water partition coefficient (Wildman–Crippen LogP) is 4.22. The van der Waals surface area contributed by atoms with Gasteiger partial charge >= 0.3 is 0 Å². The van der Waals surface area contributed by atoms with Gasteiger partial charge in [0.15, 0.2) is 9.84 Å². The number of benzene rings is 3. The Morgan fingerprint density at radius 1 is 1.05 bits per heavy atom. The van der Waals surface area contributed by atoms with Gasteiger partial charge < -0.3 is 24.9 Å². The van der Waals surface area contributed by atoms with Crippen molar-refractivity contribution in [3.8, 4) is 11.5 Å². The first kappa shape index (κ1) is 27.0. The summed E-state index contributed by atoms with van der Waals surface area (Å²) in [6.07, 6.45) is 0.544. The van der Waals surface area contributed by atoms with E-state index < -0.39 is 21.3 Å². The second-order valence-electron chi connectivity index (χ2n) is 9.57. The SMILES string of the molecule is COc1ccc(S(=O)(=O)C(NC[C@H](O)COc2c(Br)ccc3[nH]c4ccccc4c23)C2CCNCC2)cc1. The highest BCUT2D eigenvalue weighted by atomic mass is 79.9. The lowest BCUT2D eigenvalue weighted by molar-refractivity contribution is 0.104. The van der Waals surface area contributed by atoms with Crippen LogP contribution >= 0.6 is 15.9 Å². The highest BCUT2D eigenvalue weighted by molar-refractivity contribution is 9.10. The molecule has 3 aromatic carbocycles. The van der Waals surface area contributed by atoms with Gasteiger partial charge in [-0.15, -0.1) is 0 Å². The molecule has 202 valence electrons. The highest BCUT2D eigenvalue weighted by Crippen LogP contribution is 2.38. The molecule has 1 saturated heterocycles. The number of fused-ring (bicyclic) bond motifs is 3. The van der Waals surface area contributed by atoms with Gasteiger partial charge in [-0.3, -0.25) is 5.32 Å². The van der Waals surface area contributed by atoms with E-state index in [4.69, 9.17) is 9.47 Å². The molecule has 1 fully saturated rings. The molecule has 0 spiro atoms. The molecule has 38 heavy (non-hydrogen) atoms. The number of H-pyrrole nitrogens is 1. The van der Waals surface area contributed by atoms with Gasteiger partial charge in [-0.25, -0.2) is 8.42 Å². The number of sulfone groups is 1. The Labute approximate surface area is 230 Å². The summed E-state index contributed by atoms with van der Waals surface area (Å²) in [5.41, 5.74) is 1.94. The zero-order chi connectivity index (χ0) is 26.7. The fourth-order valence-corrected chi connectivity index (χ4v) is 7.45. The summed E-state index contributed by atoms with van der Waals surface area (Å²) in [6, 6.07) is 18.3. The van der Waals surface area contributed by atoms with Crippen LogP contribution in [-0.2, 0) is 9.84 Å². The summed E-state index contributed by atoms with van der Waals surface area (Å²) in [7, 11) is -2.15. The molecule has 4 aromatic rings. The summed E-state index contributed by atoms with van der Waals surface area (Å²) in [5.74, 6) is 1.16. The van der Waals surface area contributed by atoms with E-state index in [1.165, 1.54) is 0 Å². The largest absolute Gasteiger partial charge is 0.497 e. The molecule has 0 saturated carbocycles. The molecule has 0 amide bonds. The predicted molar refractivity (Wildman–Crippen MR) is 153 cm³/mol. The van der Waals surface area contributed by atoms with Crippen molar-refractivity contribution in [1.82, 2.24) is 15.6 Å². The molecule has 1 aliphatic rings. The minimum absolute atomic E-state index is 0.00570. The summed E-state index contributed by atoms with van der Waals surface area (Å²) < 4.78 is 39.4. The number of methoxy groups -OCH3 is 1. The van der Waals surface area contributed by atoms with E-state index in [-0.39, 0.29) is 24.0 Å². The zero-order valence-corrected chi connectivity index (χ0v) is 23.5. The molecule has 2 heterocycles. The van der Waals surface area contributed by atoms with Crippen LogP contribution in [0.4, 0.5) is 0 Å². The first-order valence-corrected chi connectivity index (χ1v) is 15.0. The third kappa shape index (κ3) is 5.55. The molecule has 2 atom stereocenters. The van der Waals surface area contributed by atoms with Crippen molar-refractivity contribution in [3.05, 3.63) is 65.1 Å². The number of rotatable bonds is 10. The number of aliphatic hydroxyl groups is 1. The first-order valence-electron chi connectivity index (χ1n) is 12.7. The fourth-order valence-electron chi connectivity index (χ4n) is 5.10. The Morgan fingerprint density at radius 3 is 2.53 bits per heavy atom. The van der Waals surface area contributed by atoms with Crippen molar-refractivity contribution in [2.24, 2.45) is 5.92 Å². The maximum absolute atomic E-state index is 13.7. The molecule has 0 aliphatic carbocycles. The van der Waals surface area contributed by atoms with Gasteiger partial charge in [-0.2, -0.15) is 0 Å². The van der Waals surface area contributed by atoms with Gasteiger partial charge in [-0.05, 0) is 90.2 Å². The number of hydrogen-bond donors (Lipinski definition) is 4. The van der Waals surface area contributed by atoms with Crippen molar-refractivity contribution in [1.29, 1.82) is 0 Å². The van der Waals surface area contributed by atoms with Gasteiger partial charge in [0.2, 0.25) is 0 Å². The van der Waals surface area contributed by atoms with E-state index in [2.05, 4.69) is 31.5 Å². The number of para-hydroxylation sites is 1. The molecule has 5 rings (SSSR count). The Kier molecular flexibility index (Phi) is 8.25. The molecule has 1 aliphatic heterocycles. The molecule has 10 heteroatoms. The summed E-state index contributed by atoms with van der Waals surface area (Å²) in [5, 5.41) is 18.5. The summed E-state index contributed by atoms with van der Waals surface area (Å²) >= 11 is 3.58. The summed E-state index contributed by atoms with van der Waals surface area (Å²) in [6.45, 7) is 1.60. The standard InChI is InChI=1S/C28H32BrN3O5S/c1-36-20-6-8-21(9-7-20)38(34,35)28(18-12-14-30-15-13-18)31-16-19(33)17-37-27-23(29)10-11-25-26(27)22-4-2-3-5-24(22)32-25/h2-11,18-19,28,30-33H,12-17H2,1H3/t19-,28?/m0/s1. The minimum atomic E-state index is -3.70. The monoisotopic (exact) mass is 601 g/mol. The maximum atomic E-state index is 13.7. The van der Waals surface area contributed by atoms with Gasteiger partial charge in [-0.1, -0.05) is 18.2 Å². The van der Waals surface area contributed by atoms with E-state index in [9.17, 15) is 13.5 Å². The lowest BCUT2D eigenvalue weighted by atomic mass is 9.98. The van der Waals surface area contributed by atoms with Crippen LogP contribution in [-0.4, -0.2) is 63.3 Å². The lowest BCUT2D eigenvalue weighted by Crippen LogP contribution is -2.49. The minimum Gasteiger partial charge on any atom is -0.497 e. The van der Waals surface area contributed by atoms with Crippen LogP contribution in [0.3, 0.4) is 0 Å². The van der Waals surface area contributed by atoms with Crippen LogP contribution in [0, 0.1) is 5.92 Å². The molecule has 4 N–H and O–H groups in total. The number of ether oxygens (including phenoxy) is 2. The molecule has 0 radical (unpaired) electrons. The van der Waals surface area contributed by atoms with Gasteiger partial charge in [0, 0.05) is 17.4 Å². The van der Waals surface area contributed by atoms with Crippen molar-refractivity contribution in [3.63, 3.8) is 0 Å². The van der Waals surface area contributed by atoms with E-state index in [0.29, 0.717) is 11.5 Å². The van der Waals surface area contributed by atoms with Crippen LogP contribution in [0.15, 0.2) is 70.0 Å². The Balaban J connectivity index is 1.32. The summed E-state index contributed by atoms with van der Waals surface area (Å²) in [4.78, 5) is 3.63. The first-order chi connectivity index (χ1) is 18.4. The number of aliphatic hydroxyl groups excluding tert-OH is 1. The number of halogens is 1. The van der Waals surface area contributed by atoms with Crippen molar-refractivity contribution in [2.75, 3.05) is 33.4 Å². The topological polar surface area (TPSA) is 113 Å². The van der Waals surface area contributed by atoms with Crippen LogP contribution in [0.5, 0.6) is 11.5 Å². The second-order valence-corrected chi connectivity index (χ2v) is 12.5. The van der Waals surface area contributed by atoms with Crippen LogP contribution in [0.2, 0.25) is 0 Å². The third-order valence-electron chi connectivity index (χ3n) is 7.08. The molecular weight excluding hydrogens is 570 g/mol. The third-order valence-corrected chi connectivity index (χ3v) is 9.86. The van der Waals surface area contributed by atoms with Crippen molar-refractivity contribution < 1.29 is 23.0 Å². The van der Waals surface area contributed by atoms with Gasteiger partial charge in [0.1, 0.15) is 29.6 Å². The van der Waals surface area contributed by atoms with E-state index in [1.54, 1.807) is 31.4 Å². The molecule has 1 aromatic heterocycles. The second kappa shape index (κ2) is 11.6. The van der Waals surface area contributed by atoms with E-state index in [1.807, 2.05) is 36.4 Å². The average molecular weight is 603 g/mol. The van der Waals surface area contributed by atoms with Crippen LogP contribution < -0.4 is 20.1 Å². The molecule has 8 nitrogen and oxygen atoms in total. The van der Waals surface area contributed by atoms with E-state index >= 15 is 0 Å². The molecule has 1 unspecified atom stereocenters. The number of aromatic nitrogens is 1. The quantitative estimate of drug-likeness (QED) is 0.215. The smallest absolute Gasteiger partial charge is 0.194 e. The normalized spacial score (nSPS) is 16.5. The number of piperidine rings is 1. The Bertz CT molecular complexity index is 1500. The van der Waals surface area contributed by atoms with Gasteiger partial charge in [0.25, 0.3) is 0 Å². The Hall–Kier alpha value is -2.63. The van der Waals surface area contributed by atoms with Crippen molar-refractivity contribution >= 4 is 47.6 Å². The number of hydrogen-bond acceptors (Lipinski definition) is 7. The molecule has 0 bridgehead atoms. The average Bonchev–Trinajstić information content (AvgIpc) is 3.32. The highest BCUT2D eigenvalue weighted by Gasteiger charge is 2.35. The zero-order valence-electron chi connectivity index (χ0n) is 21.1. The lowest BCUT2D eigenvalue weighted by Gasteiger charge is -2.32.